The Labute approximate surface area is 68.5 Å². The van der Waals surface area contributed by atoms with Crippen molar-refractivity contribution in [2.45, 2.75) is 0 Å². The second-order valence-corrected chi connectivity index (χ2v) is 2.36. The van der Waals surface area contributed by atoms with Gasteiger partial charge in [-0.25, -0.2) is 0 Å². The molecule has 0 aliphatic heterocycles. The molecule has 4 heteroatoms. The third-order valence-corrected chi connectivity index (χ3v) is 1.40. The maximum atomic E-state index is 10.9. The first-order valence-electron chi connectivity index (χ1n) is 2.88. The van der Waals surface area contributed by atoms with Gasteiger partial charge in [0.25, 0.3) is 0 Å². The van der Waals surface area contributed by atoms with Crippen LogP contribution in [0.2, 0.25) is 5.02 Å². The average molecular weight is 171 g/mol. The zero-order chi connectivity index (χ0) is 8.27. The predicted molar refractivity (Wildman–Crippen MR) is 40.3 cm³/mol. The maximum absolute atomic E-state index is 10.9. The fourth-order valence-electron chi connectivity index (χ4n) is 0.682. The first kappa shape index (κ1) is 7.88. The van der Waals surface area contributed by atoms with E-state index < -0.39 is 0 Å². The Hall–Kier alpha value is -1.22. The van der Waals surface area contributed by atoms with Gasteiger partial charge >= 0.3 is 0 Å². The van der Waals surface area contributed by atoms with Crippen LogP contribution in [0.3, 0.4) is 0 Å². The Morgan fingerprint density at radius 1 is 1.55 bits per heavy atom. The van der Waals surface area contributed by atoms with Gasteiger partial charge in [-0.15, -0.1) is 0 Å². The Balaban J connectivity index is 3.12. The molecule has 11 heavy (non-hydrogen) atoms. The lowest BCUT2D eigenvalue weighted by Crippen LogP contribution is -1.95. The van der Waals surface area contributed by atoms with Gasteiger partial charge in [-0.3, -0.25) is 0 Å². The Kier molecular flexibility index (Phi) is 2.33. The highest BCUT2D eigenvalue weighted by Gasteiger charge is 1.91. The van der Waals surface area contributed by atoms with Crippen molar-refractivity contribution >= 4 is 17.8 Å². The van der Waals surface area contributed by atoms with Crippen LogP contribution in [0.5, 0.6) is 5.75 Å². The van der Waals surface area contributed by atoms with Crippen LogP contribution in [-0.2, 0) is 0 Å². The summed E-state index contributed by atoms with van der Waals surface area (Å²) in [6.07, 6.45) is 1.05. The van der Waals surface area contributed by atoms with E-state index in [-0.39, 0.29) is 11.3 Å². The largest absolute Gasteiger partial charge is 0.872 e. The second-order valence-electron chi connectivity index (χ2n) is 1.93. The standard InChI is InChI=1S/C7H6ClNO2/c8-6-1-2-7(10)5(3-6)4-9-11/h1-4,10-11H/p-1/b9-4+. The fourth-order valence-corrected chi connectivity index (χ4v) is 0.863. The first-order chi connectivity index (χ1) is 5.24. The molecular weight excluding hydrogens is 166 g/mol. The fraction of sp³-hybridized carbons (Fsp3) is 0. The molecule has 1 rings (SSSR count). The van der Waals surface area contributed by atoms with Crippen molar-refractivity contribution in [3.63, 3.8) is 0 Å². The molecule has 0 saturated heterocycles. The van der Waals surface area contributed by atoms with Gasteiger partial charge in [0.05, 0.1) is 6.21 Å². The van der Waals surface area contributed by atoms with E-state index in [0.717, 1.165) is 6.21 Å². The first-order valence-corrected chi connectivity index (χ1v) is 3.26. The van der Waals surface area contributed by atoms with Crippen molar-refractivity contribution in [1.82, 2.24) is 0 Å². The van der Waals surface area contributed by atoms with E-state index in [1.54, 1.807) is 0 Å². The van der Waals surface area contributed by atoms with Crippen molar-refractivity contribution < 1.29 is 10.3 Å². The van der Waals surface area contributed by atoms with E-state index in [2.05, 4.69) is 5.16 Å². The molecule has 0 fully saturated rings. The van der Waals surface area contributed by atoms with Crippen molar-refractivity contribution in [2.24, 2.45) is 5.16 Å². The molecule has 0 aliphatic carbocycles. The van der Waals surface area contributed by atoms with E-state index in [0.29, 0.717) is 5.02 Å². The number of oxime groups is 1. The van der Waals surface area contributed by atoms with Crippen LogP contribution in [-0.4, -0.2) is 11.4 Å². The zero-order valence-corrected chi connectivity index (χ0v) is 6.25. The molecule has 0 heterocycles. The van der Waals surface area contributed by atoms with Crippen molar-refractivity contribution in [3.8, 4) is 5.75 Å². The van der Waals surface area contributed by atoms with Crippen LogP contribution in [0.1, 0.15) is 5.56 Å². The second kappa shape index (κ2) is 3.25. The van der Waals surface area contributed by atoms with Gasteiger partial charge in [0.2, 0.25) is 0 Å². The SMILES string of the molecule is [O-]c1ccc(Cl)cc1/C=N/O. The quantitative estimate of drug-likeness (QED) is 0.392. The van der Waals surface area contributed by atoms with Gasteiger partial charge in [-0.1, -0.05) is 28.6 Å². The minimum atomic E-state index is -0.216. The van der Waals surface area contributed by atoms with Crippen molar-refractivity contribution in [2.75, 3.05) is 0 Å². The van der Waals surface area contributed by atoms with Gasteiger partial charge < -0.3 is 10.3 Å². The zero-order valence-electron chi connectivity index (χ0n) is 5.49. The molecule has 0 spiro atoms. The van der Waals surface area contributed by atoms with Crippen LogP contribution in [0.25, 0.3) is 0 Å². The highest BCUT2D eigenvalue weighted by atomic mass is 35.5. The molecular formula is C7H5ClNO2-. The van der Waals surface area contributed by atoms with E-state index in [1.807, 2.05) is 0 Å². The molecule has 3 nitrogen and oxygen atoms in total. The van der Waals surface area contributed by atoms with E-state index >= 15 is 0 Å². The summed E-state index contributed by atoms with van der Waals surface area (Å²) >= 11 is 5.57. The van der Waals surface area contributed by atoms with Crippen LogP contribution < -0.4 is 5.11 Å². The molecule has 58 valence electrons. The molecule has 0 bridgehead atoms. The molecule has 0 amide bonds. The van der Waals surface area contributed by atoms with Crippen LogP contribution >= 0.6 is 11.6 Å². The number of hydrogen-bond donors (Lipinski definition) is 1. The lowest BCUT2D eigenvalue weighted by Gasteiger charge is -2.08. The highest BCUT2D eigenvalue weighted by Crippen LogP contribution is 2.16. The summed E-state index contributed by atoms with van der Waals surface area (Å²) in [4.78, 5) is 0. The van der Waals surface area contributed by atoms with E-state index in [9.17, 15) is 5.11 Å². The summed E-state index contributed by atoms with van der Waals surface area (Å²) in [6.45, 7) is 0. The lowest BCUT2D eigenvalue weighted by atomic mass is 10.2. The monoisotopic (exact) mass is 170 g/mol. The van der Waals surface area contributed by atoms with Crippen LogP contribution in [0.4, 0.5) is 0 Å². The minimum absolute atomic E-state index is 0.216. The molecule has 0 aromatic heterocycles. The average Bonchev–Trinajstić information content (AvgIpc) is 1.98. The van der Waals surface area contributed by atoms with Crippen molar-refractivity contribution in [1.29, 1.82) is 0 Å². The Morgan fingerprint density at radius 3 is 2.91 bits per heavy atom. The number of rotatable bonds is 1. The van der Waals surface area contributed by atoms with Crippen LogP contribution in [0.15, 0.2) is 23.4 Å². The predicted octanol–water partition coefficient (Wildman–Crippen LogP) is 1.22. The summed E-state index contributed by atoms with van der Waals surface area (Å²) in [5.41, 5.74) is 0.278. The number of halogens is 1. The molecule has 0 unspecified atom stereocenters. The molecule has 0 atom stereocenters. The topological polar surface area (TPSA) is 55.7 Å². The third-order valence-electron chi connectivity index (χ3n) is 1.17. The maximum Gasteiger partial charge on any atom is 0.0728 e. The number of nitrogens with zero attached hydrogens (tertiary/aromatic N) is 1. The normalized spacial score (nSPS) is 10.6. The molecule has 1 aromatic rings. The summed E-state index contributed by atoms with van der Waals surface area (Å²) in [7, 11) is 0. The lowest BCUT2D eigenvalue weighted by molar-refractivity contribution is -0.268. The summed E-state index contributed by atoms with van der Waals surface area (Å²) < 4.78 is 0. The molecule has 1 N–H and O–H groups in total. The molecule has 0 radical (unpaired) electrons. The van der Waals surface area contributed by atoms with Gasteiger partial charge in [-0.2, -0.15) is 0 Å². The Morgan fingerprint density at radius 2 is 2.27 bits per heavy atom. The minimum Gasteiger partial charge on any atom is -0.872 e. The molecule has 1 aromatic carbocycles. The molecule has 0 saturated carbocycles. The number of hydrogen-bond acceptors (Lipinski definition) is 3. The van der Waals surface area contributed by atoms with Gasteiger partial charge in [-0.05, 0) is 17.7 Å². The van der Waals surface area contributed by atoms with E-state index in [1.165, 1.54) is 18.2 Å². The Bertz CT molecular complexity index is 286. The van der Waals surface area contributed by atoms with Gasteiger partial charge in [0, 0.05) is 5.02 Å². The highest BCUT2D eigenvalue weighted by molar-refractivity contribution is 6.30. The smallest absolute Gasteiger partial charge is 0.0728 e. The summed E-state index contributed by atoms with van der Waals surface area (Å²) in [5.74, 6) is -0.216. The summed E-state index contributed by atoms with van der Waals surface area (Å²) in [5, 5.41) is 22.2. The summed E-state index contributed by atoms with van der Waals surface area (Å²) in [6, 6.07) is 4.24. The number of benzene rings is 1. The third kappa shape index (κ3) is 1.85. The van der Waals surface area contributed by atoms with Crippen LogP contribution in [0, 0.1) is 0 Å². The molecule has 0 aliphatic rings. The van der Waals surface area contributed by atoms with Gasteiger partial charge in [0.15, 0.2) is 0 Å². The van der Waals surface area contributed by atoms with Crippen molar-refractivity contribution in [3.05, 3.63) is 28.8 Å². The van der Waals surface area contributed by atoms with Gasteiger partial charge in [0.1, 0.15) is 0 Å². The van der Waals surface area contributed by atoms with E-state index in [4.69, 9.17) is 16.8 Å².